The van der Waals surface area contributed by atoms with Crippen molar-refractivity contribution in [3.05, 3.63) is 124 Å². The van der Waals surface area contributed by atoms with E-state index in [-0.39, 0.29) is 17.2 Å². The summed E-state index contributed by atoms with van der Waals surface area (Å²) in [6.45, 7) is 2.45. The number of nitrogens with zero attached hydrogens (tertiary/aromatic N) is 2. The number of halogens is 1. The fourth-order valence-electron chi connectivity index (χ4n) is 3.86. The Morgan fingerprint density at radius 2 is 1.71 bits per heavy atom. The van der Waals surface area contributed by atoms with E-state index in [1.165, 1.54) is 16.3 Å². The molecule has 0 fully saturated rings. The van der Waals surface area contributed by atoms with Crippen LogP contribution in [-0.2, 0) is 11.4 Å². The summed E-state index contributed by atoms with van der Waals surface area (Å²) in [6.07, 6.45) is 0. The lowest BCUT2D eigenvalue weighted by molar-refractivity contribution is -0.113. The Morgan fingerprint density at radius 3 is 2.45 bits per heavy atom. The van der Waals surface area contributed by atoms with Crippen LogP contribution in [0.3, 0.4) is 0 Å². The average molecular weight is 542 g/mol. The van der Waals surface area contributed by atoms with E-state index in [4.69, 9.17) is 16.3 Å². The first-order valence-corrected chi connectivity index (χ1v) is 13.3. The molecular weight excluding hydrogens is 518 g/mol. The summed E-state index contributed by atoms with van der Waals surface area (Å²) >= 11 is 7.34. The molecule has 1 N–H and O–H groups in total. The highest BCUT2D eigenvalue weighted by atomic mass is 35.5. The molecule has 0 atom stereocenters. The van der Waals surface area contributed by atoms with Gasteiger partial charge in [0.1, 0.15) is 12.4 Å². The SMILES string of the molecule is Cc1ccc(-n2c(SCC(=O)Nc3ccc(OCc4ccccc4)cc3)nc3cc(Cl)ccc3c2=O)cc1. The van der Waals surface area contributed by atoms with Crippen LogP contribution in [0, 0.1) is 6.92 Å². The summed E-state index contributed by atoms with van der Waals surface area (Å²) < 4.78 is 7.34. The number of nitrogens with one attached hydrogen (secondary N) is 1. The lowest BCUT2D eigenvalue weighted by Crippen LogP contribution is -2.23. The van der Waals surface area contributed by atoms with E-state index in [0.29, 0.717) is 44.8 Å². The molecule has 38 heavy (non-hydrogen) atoms. The van der Waals surface area contributed by atoms with Crippen LogP contribution < -0.4 is 15.6 Å². The third-order valence-corrected chi connectivity index (χ3v) is 6.99. The molecule has 1 heterocycles. The van der Waals surface area contributed by atoms with Crippen molar-refractivity contribution in [1.82, 2.24) is 9.55 Å². The van der Waals surface area contributed by atoms with Crippen molar-refractivity contribution in [2.24, 2.45) is 0 Å². The largest absolute Gasteiger partial charge is 0.489 e. The van der Waals surface area contributed by atoms with Crippen LogP contribution in [0.25, 0.3) is 16.6 Å². The van der Waals surface area contributed by atoms with E-state index in [9.17, 15) is 9.59 Å². The molecule has 0 saturated carbocycles. The Morgan fingerprint density at radius 1 is 0.974 bits per heavy atom. The number of rotatable bonds is 8. The Labute approximate surface area is 229 Å². The number of hydrogen-bond donors (Lipinski definition) is 1. The lowest BCUT2D eigenvalue weighted by atomic mass is 10.2. The number of aryl methyl sites for hydroxylation is 1. The standard InChI is InChI=1S/C30H24ClN3O3S/c1-20-7-12-24(13-8-20)34-29(36)26-16-9-22(31)17-27(26)33-30(34)38-19-28(35)32-23-10-14-25(15-11-23)37-18-21-5-3-2-4-6-21/h2-17H,18-19H2,1H3,(H,32,35). The van der Waals surface area contributed by atoms with E-state index in [0.717, 1.165) is 11.1 Å². The predicted octanol–water partition coefficient (Wildman–Crippen LogP) is 6.66. The van der Waals surface area contributed by atoms with Crippen molar-refractivity contribution in [2.75, 3.05) is 11.1 Å². The highest BCUT2D eigenvalue weighted by Crippen LogP contribution is 2.24. The van der Waals surface area contributed by atoms with Crippen molar-refractivity contribution >= 4 is 45.9 Å². The molecule has 0 spiro atoms. The molecule has 5 rings (SSSR count). The number of carbonyl (C=O) groups excluding carboxylic acids is 1. The molecule has 1 aromatic heterocycles. The zero-order chi connectivity index (χ0) is 26.5. The molecule has 0 saturated heterocycles. The fourth-order valence-corrected chi connectivity index (χ4v) is 4.84. The molecule has 5 aromatic rings. The minimum absolute atomic E-state index is 0.0661. The van der Waals surface area contributed by atoms with Crippen LogP contribution in [0.4, 0.5) is 5.69 Å². The number of aromatic nitrogens is 2. The van der Waals surface area contributed by atoms with Crippen LogP contribution in [0.2, 0.25) is 5.02 Å². The first kappa shape index (κ1) is 25.6. The maximum absolute atomic E-state index is 13.4. The van der Waals surface area contributed by atoms with Crippen LogP contribution in [0.15, 0.2) is 107 Å². The Kier molecular flexibility index (Phi) is 7.77. The number of hydrogen-bond acceptors (Lipinski definition) is 5. The van der Waals surface area contributed by atoms with Crippen molar-refractivity contribution in [3.8, 4) is 11.4 Å². The van der Waals surface area contributed by atoms with Crippen LogP contribution >= 0.6 is 23.4 Å². The Balaban J connectivity index is 1.30. The van der Waals surface area contributed by atoms with E-state index < -0.39 is 0 Å². The van der Waals surface area contributed by atoms with Crippen LogP contribution in [-0.4, -0.2) is 21.2 Å². The van der Waals surface area contributed by atoms with Gasteiger partial charge >= 0.3 is 0 Å². The minimum Gasteiger partial charge on any atom is -0.489 e. The molecular formula is C30H24ClN3O3S. The van der Waals surface area contributed by atoms with E-state index in [1.807, 2.05) is 73.7 Å². The van der Waals surface area contributed by atoms with Gasteiger partial charge in [-0.1, -0.05) is 71.4 Å². The summed E-state index contributed by atoms with van der Waals surface area (Å²) in [6, 6.07) is 29.7. The molecule has 1 amide bonds. The van der Waals surface area contributed by atoms with Crippen LogP contribution in [0.5, 0.6) is 5.75 Å². The van der Waals surface area contributed by atoms with Gasteiger partial charge in [-0.15, -0.1) is 0 Å². The third kappa shape index (κ3) is 6.07. The summed E-state index contributed by atoms with van der Waals surface area (Å²) in [4.78, 5) is 30.9. The number of anilines is 1. The molecule has 0 aliphatic rings. The molecule has 190 valence electrons. The number of ether oxygens (including phenoxy) is 1. The monoisotopic (exact) mass is 541 g/mol. The molecule has 0 radical (unpaired) electrons. The molecule has 6 nitrogen and oxygen atoms in total. The number of amides is 1. The average Bonchev–Trinajstić information content (AvgIpc) is 2.93. The second kappa shape index (κ2) is 11.5. The van der Waals surface area contributed by atoms with Crippen LogP contribution in [0.1, 0.15) is 11.1 Å². The molecule has 0 unspecified atom stereocenters. The van der Waals surface area contributed by atoms with Crippen molar-refractivity contribution in [3.63, 3.8) is 0 Å². The maximum atomic E-state index is 13.4. The molecule has 0 aliphatic heterocycles. The summed E-state index contributed by atoms with van der Waals surface area (Å²) in [7, 11) is 0. The third-order valence-electron chi connectivity index (χ3n) is 5.81. The van der Waals surface area contributed by atoms with Gasteiger partial charge in [0.25, 0.3) is 5.56 Å². The topological polar surface area (TPSA) is 73.2 Å². The molecule has 0 aliphatic carbocycles. The van der Waals surface area contributed by atoms with Gasteiger partial charge in [0.05, 0.1) is 22.3 Å². The van der Waals surface area contributed by atoms with E-state index in [2.05, 4.69) is 10.3 Å². The van der Waals surface area contributed by atoms with Crippen molar-refractivity contribution in [2.45, 2.75) is 18.7 Å². The van der Waals surface area contributed by atoms with E-state index >= 15 is 0 Å². The predicted molar refractivity (Wildman–Crippen MR) is 154 cm³/mol. The van der Waals surface area contributed by atoms with Gasteiger partial charge in [0.2, 0.25) is 5.91 Å². The Hall–Kier alpha value is -4.07. The lowest BCUT2D eigenvalue weighted by Gasteiger charge is -2.14. The summed E-state index contributed by atoms with van der Waals surface area (Å²) in [5, 5.41) is 4.24. The number of thioether (sulfide) groups is 1. The smallest absolute Gasteiger partial charge is 0.266 e. The quantitative estimate of drug-likeness (QED) is 0.176. The van der Waals surface area contributed by atoms with Crippen molar-refractivity contribution in [1.29, 1.82) is 0 Å². The number of carbonyl (C=O) groups is 1. The van der Waals surface area contributed by atoms with Crippen molar-refractivity contribution < 1.29 is 9.53 Å². The maximum Gasteiger partial charge on any atom is 0.266 e. The van der Waals surface area contributed by atoms with Gasteiger partial charge in [-0.25, -0.2) is 4.98 Å². The van der Waals surface area contributed by atoms with Gasteiger partial charge in [0, 0.05) is 10.7 Å². The van der Waals surface area contributed by atoms with Gasteiger partial charge in [-0.2, -0.15) is 0 Å². The second-order valence-corrected chi connectivity index (χ2v) is 10.0. The van der Waals surface area contributed by atoms with Gasteiger partial charge in [-0.3, -0.25) is 14.2 Å². The normalized spacial score (nSPS) is 10.9. The molecule has 8 heteroatoms. The van der Waals surface area contributed by atoms with E-state index in [1.54, 1.807) is 30.3 Å². The highest BCUT2D eigenvalue weighted by Gasteiger charge is 2.15. The fraction of sp³-hybridized carbons (Fsp3) is 0.100. The first-order valence-electron chi connectivity index (χ1n) is 11.9. The van der Waals surface area contributed by atoms with Gasteiger partial charge in [0.15, 0.2) is 5.16 Å². The molecule has 4 aromatic carbocycles. The van der Waals surface area contributed by atoms with Gasteiger partial charge < -0.3 is 10.1 Å². The summed E-state index contributed by atoms with van der Waals surface area (Å²) in [5.74, 6) is 0.558. The number of benzene rings is 4. The highest BCUT2D eigenvalue weighted by molar-refractivity contribution is 7.99. The minimum atomic E-state index is -0.219. The number of fused-ring (bicyclic) bond motifs is 1. The van der Waals surface area contributed by atoms with Gasteiger partial charge in [-0.05, 0) is 67.1 Å². The zero-order valence-electron chi connectivity index (χ0n) is 20.6. The first-order chi connectivity index (χ1) is 18.5. The second-order valence-electron chi connectivity index (χ2n) is 8.67. The molecule has 0 bridgehead atoms. The zero-order valence-corrected chi connectivity index (χ0v) is 22.1. The Bertz CT molecular complexity index is 1640. The summed E-state index contributed by atoms with van der Waals surface area (Å²) in [5.41, 5.74) is 3.75.